The Balaban J connectivity index is 1.53. The van der Waals surface area contributed by atoms with Crippen molar-refractivity contribution in [2.24, 2.45) is 5.73 Å². The molecule has 0 radical (unpaired) electrons. The van der Waals surface area contributed by atoms with Crippen LogP contribution in [0.5, 0.6) is 5.75 Å². The van der Waals surface area contributed by atoms with Crippen LogP contribution in [-0.2, 0) is 16.8 Å². The predicted molar refractivity (Wildman–Crippen MR) is 120 cm³/mol. The van der Waals surface area contributed by atoms with Gasteiger partial charge in [-0.25, -0.2) is 9.78 Å². The Morgan fingerprint density at radius 3 is 2.62 bits per heavy atom. The molecule has 34 heavy (non-hydrogen) atoms. The number of rotatable bonds is 4. The van der Waals surface area contributed by atoms with Gasteiger partial charge in [-0.3, -0.25) is 9.69 Å². The van der Waals surface area contributed by atoms with Gasteiger partial charge < -0.3 is 19.9 Å². The number of piperidine rings is 1. The Hall–Kier alpha value is -3.95. The second kappa shape index (κ2) is 8.44. The maximum absolute atomic E-state index is 13.4. The highest BCUT2D eigenvalue weighted by atomic mass is 19.3. The van der Waals surface area contributed by atoms with Crippen LogP contribution in [0.3, 0.4) is 0 Å². The Bertz CT molecular complexity index is 1240. The molecule has 0 aliphatic carbocycles. The Kier molecular flexibility index (Phi) is 5.43. The molecule has 1 fully saturated rings. The number of hydrogen-bond acceptors (Lipinski definition) is 4. The first-order chi connectivity index (χ1) is 16.4. The zero-order valence-electron chi connectivity index (χ0n) is 18.2. The zero-order valence-corrected chi connectivity index (χ0v) is 18.2. The molecule has 1 aromatic heterocycles. The standard InChI is InChI=1S/C24H23F2N5O3/c25-22(26)34-18-6-3-5-17(13-18)30-14-20(28-15-30)31-21(32)12-16-4-1-2-7-19(16)24(31)8-10-29(11-9-24)23(27)33/h1-7,13-15,22H,8-12H2,(H2,27,33). The number of carbonyl (C=O) groups excluding carboxylic acids is 2. The van der Waals surface area contributed by atoms with Crippen molar-refractivity contribution in [2.75, 3.05) is 18.0 Å². The number of amides is 3. The number of nitrogens with two attached hydrogens (primary N) is 1. The maximum Gasteiger partial charge on any atom is 0.387 e. The van der Waals surface area contributed by atoms with Crippen molar-refractivity contribution in [1.29, 1.82) is 0 Å². The minimum Gasteiger partial charge on any atom is -0.435 e. The molecule has 3 amide bonds. The van der Waals surface area contributed by atoms with Crippen LogP contribution < -0.4 is 15.4 Å². The van der Waals surface area contributed by atoms with E-state index in [9.17, 15) is 18.4 Å². The van der Waals surface area contributed by atoms with Crippen molar-refractivity contribution in [3.8, 4) is 11.4 Å². The van der Waals surface area contributed by atoms with E-state index in [1.807, 2.05) is 24.3 Å². The van der Waals surface area contributed by atoms with Crippen molar-refractivity contribution in [3.05, 3.63) is 72.2 Å². The molecule has 3 heterocycles. The lowest BCUT2D eigenvalue weighted by Gasteiger charge is -2.51. The SMILES string of the molecule is NC(=O)N1CCC2(CC1)c1ccccc1CC(=O)N2c1cn(-c2cccc(OC(F)F)c2)cn1. The monoisotopic (exact) mass is 467 g/mol. The summed E-state index contributed by atoms with van der Waals surface area (Å²) in [5.41, 5.74) is 7.40. The van der Waals surface area contributed by atoms with Crippen LogP contribution in [0.2, 0.25) is 0 Å². The summed E-state index contributed by atoms with van der Waals surface area (Å²) in [6.07, 6.45) is 4.51. The number of nitrogens with zero attached hydrogens (tertiary/aromatic N) is 4. The van der Waals surface area contributed by atoms with Crippen LogP contribution in [0, 0.1) is 0 Å². The van der Waals surface area contributed by atoms with Crippen molar-refractivity contribution in [1.82, 2.24) is 14.5 Å². The zero-order chi connectivity index (χ0) is 23.9. The van der Waals surface area contributed by atoms with Crippen LogP contribution in [0.4, 0.5) is 19.4 Å². The lowest BCUT2D eigenvalue weighted by molar-refractivity contribution is -0.120. The molecule has 2 N–H and O–H groups in total. The molecule has 3 aromatic rings. The molecule has 1 saturated heterocycles. The number of ether oxygens (including phenoxy) is 1. The number of urea groups is 1. The molecule has 2 aliphatic heterocycles. The topological polar surface area (TPSA) is 93.7 Å². The normalized spacial score (nSPS) is 17.2. The molecule has 0 unspecified atom stereocenters. The molecule has 2 aromatic carbocycles. The van der Waals surface area contributed by atoms with Gasteiger partial charge in [0.2, 0.25) is 5.91 Å². The number of benzene rings is 2. The number of aromatic nitrogens is 2. The van der Waals surface area contributed by atoms with Gasteiger partial charge in [0.15, 0.2) is 5.82 Å². The summed E-state index contributed by atoms with van der Waals surface area (Å²) in [4.78, 5) is 33.0. The van der Waals surface area contributed by atoms with Crippen molar-refractivity contribution in [3.63, 3.8) is 0 Å². The summed E-state index contributed by atoms with van der Waals surface area (Å²) in [6.45, 7) is -2.09. The van der Waals surface area contributed by atoms with Crippen LogP contribution in [0.15, 0.2) is 61.1 Å². The van der Waals surface area contributed by atoms with Gasteiger partial charge in [-0.1, -0.05) is 30.3 Å². The van der Waals surface area contributed by atoms with Gasteiger partial charge in [-0.05, 0) is 36.1 Å². The van der Waals surface area contributed by atoms with Crippen LogP contribution in [0.1, 0.15) is 24.0 Å². The summed E-state index contributed by atoms with van der Waals surface area (Å²) in [7, 11) is 0. The van der Waals surface area contributed by atoms with Crippen molar-refractivity contribution in [2.45, 2.75) is 31.4 Å². The van der Waals surface area contributed by atoms with Gasteiger partial charge in [0.1, 0.15) is 12.1 Å². The highest BCUT2D eigenvalue weighted by Gasteiger charge is 2.49. The number of primary amides is 1. The van der Waals surface area contributed by atoms with Gasteiger partial charge in [-0.15, -0.1) is 0 Å². The molecule has 1 spiro atoms. The Labute approximate surface area is 194 Å². The number of alkyl halides is 2. The summed E-state index contributed by atoms with van der Waals surface area (Å²) in [5.74, 6) is 0.388. The Morgan fingerprint density at radius 1 is 1.12 bits per heavy atom. The third-order valence-electron chi connectivity index (χ3n) is 6.58. The first-order valence-corrected chi connectivity index (χ1v) is 10.9. The van der Waals surface area contributed by atoms with E-state index in [0.29, 0.717) is 37.4 Å². The Morgan fingerprint density at radius 2 is 1.88 bits per heavy atom. The second-order valence-electron chi connectivity index (χ2n) is 8.43. The highest BCUT2D eigenvalue weighted by molar-refractivity contribution is 5.98. The fourth-order valence-electron chi connectivity index (χ4n) is 5.06. The third kappa shape index (κ3) is 3.74. The minimum absolute atomic E-state index is 0.0287. The lowest BCUT2D eigenvalue weighted by atomic mass is 9.74. The largest absolute Gasteiger partial charge is 0.435 e. The summed E-state index contributed by atoms with van der Waals surface area (Å²) in [6, 6.07) is 13.6. The summed E-state index contributed by atoms with van der Waals surface area (Å²) in [5, 5.41) is 0. The first kappa shape index (κ1) is 21.9. The molecular weight excluding hydrogens is 444 g/mol. The number of imidazole rings is 1. The first-order valence-electron chi connectivity index (χ1n) is 10.9. The second-order valence-corrected chi connectivity index (χ2v) is 8.43. The number of carbonyl (C=O) groups is 2. The van der Waals surface area contributed by atoms with Gasteiger partial charge in [-0.2, -0.15) is 8.78 Å². The van der Waals surface area contributed by atoms with Crippen molar-refractivity contribution >= 4 is 17.8 Å². The number of anilines is 1. The molecule has 0 saturated carbocycles. The average molecular weight is 467 g/mol. The lowest BCUT2D eigenvalue weighted by Crippen LogP contribution is -2.59. The minimum atomic E-state index is -2.93. The fourth-order valence-corrected chi connectivity index (χ4v) is 5.06. The van der Waals surface area contributed by atoms with Crippen molar-refractivity contribution < 1.29 is 23.1 Å². The average Bonchev–Trinajstić information content (AvgIpc) is 3.29. The van der Waals surface area contributed by atoms with E-state index in [1.54, 1.807) is 32.7 Å². The highest BCUT2D eigenvalue weighted by Crippen LogP contribution is 2.45. The van der Waals surface area contributed by atoms with E-state index < -0.39 is 18.2 Å². The number of likely N-dealkylation sites (tertiary alicyclic amines) is 1. The molecule has 176 valence electrons. The smallest absolute Gasteiger partial charge is 0.387 e. The fraction of sp³-hybridized carbons (Fsp3) is 0.292. The van der Waals surface area contributed by atoms with E-state index in [1.165, 1.54) is 18.5 Å². The predicted octanol–water partition coefficient (Wildman–Crippen LogP) is 3.43. The summed E-state index contributed by atoms with van der Waals surface area (Å²) < 4.78 is 31.4. The quantitative estimate of drug-likeness (QED) is 0.636. The van der Waals surface area contributed by atoms with E-state index in [-0.39, 0.29) is 18.1 Å². The molecular formula is C24H23F2N5O3. The van der Waals surface area contributed by atoms with E-state index in [4.69, 9.17) is 5.73 Å². The van der Waals surface area contributed by atoms with E-state index in [2.05, 4.69) is 9.72 Å². The van der Waals surface area contributed by atoms with E-state index in [0.717, 1.165) is 11.1 Å². The van der Waals surface area contributed by atoms with Gasteiger partial charge >= 0.3 is 12.6 Å². The van der Waals surface area contributed by atoms with Crippen LogP contribution >= 0.6 is 0 Å². The number of fused-ring (bicyclic) bond motifs is 2. The molecule has 8 nitrogen and oxygen atoms in total. The van der Waals surface area contributed by atoms with Crippen LogP contribution in [-0.4, -0.2) is 46.1 Å². The van der Waals surface area contributed by atoms with Gasteiger partial charge in [0.25, 0.3) is 0 Å². The molecule has 0 atom stereocenters. The van der Waals surface area contributed by atoms with Gasteiger partial charge in [0, 0.05) is 19.2 Å². The molecule has 10 heteroatoms. The summed E-state index contributed by atoms with van der Waals surface area (Å²) >= 11 is 0. The van der Waals surface area contributed by atoms with Crippen LogP contribution in [0.25, 0.3) is 5.69 Å². The van der Waals surface area contributed by atoms with Gasteiger partial charge in [0.05, 0.1) is 23.8 Å². The third-order valence-corrected chi connectivity index (χ3v) is 6.58. The van der Waals surface area contributed by atoms with E-state index >= 15 is 0 Å². The maximum atomic E-state index is 13.4. The number of hydrogen-bond donors (Lipinski definition) is 1. The molecule has 5 rings (SSSR count). The molecule has 2 aliphatic rings. The number of halogens is 2. The molecule has 0 bridgehead atoms.